The van der Waals surface area contributed by atoms with Crippen molar-refractivity contribution >= 4 is 44.6 Å². The fourth-order valence-electron chi connectivity index (χ4n) is 5.36. The molecule has 1 fully saturated rings. The van der Waals surface area contributed by atoms with Gasteiger partial charge < -0.3 is 35.4 Å². The van der Waals surface area contributed by atoms with Crippen molar-refractivity contribution in [3.63, 3.8) is 0 Å². The lowest BCUT2D eigenvalue weighted by atomic mass is 10.0. The molecule has 1 aromatic heterocycles. The van der Waals surface area contributed by atoms with Gasteiger partial charge in [0.25, 0.3) is 5.91 Å². The normalized spacial score (nSPS) is 14.3. The van der Waals surface area contributed by atoms with E-state index >= 15 is 0 Å². The maximum Gasteiger partial charge on any atom is 0.267 e. The first-order valence-electron chi connectivity index (χ1n) is 15.0. The number of carbonyl (C=O) groups excluding carboxylic acids is 2. The van der Waals surface area contributed by atoms with Crippen LogP contribution in [0.1, 0.15) is 35.0 Å². The molecule has 9 nitrogen and oxygen atoms in total. The van der Waals surface area contributed by atoms with Crippen molar-refractivity contribution in [2.45, 2.75) is 38.3 Å². The van der Waals surface area contributed by atoms with Crippen molar-refractivity contribution in [2.75, 3.05) is 50.5 Å². The molecule has 0 bridgehead atoms. The van der Waals surface area contributed by atoms with Crippen LogP contribution >= 0.6 is 11.3 Å². The van der Waals surface area contributed by atoms with E-state index in [4.69, 9.17) is 9.47 Å². The molecule has 1 aliphatic heterocycles. The van der Waals surface area contributed by atoms with Crippen molar-refractivity contribution in [1.82, 2.24) is 10.2 Å². The van der Waals surface area contributed by atoms with Gasteiger partial charge in [0.2, 0.25) is 5.91 Å². The van der Waals surface area contributed by atoms with Crippen molar-refractivity contribution in [2.24, 2.45) is 0 Å². The largest absolute Gasteiger partial charge is 0.494 e. The van der Waals surface area contributed by atoms with Gasteiger partial charge in [-0.3, -0.25) is 9.59 Å². The molecule has 0 saturated carbocycles. The highest BCUT2D eigenvalue weighted by atomic mass is 32.1. The summed E-state index contributed by atoms with van der Waals surface area (Å²) >= 11 is 1.50. The molecule has 4 N–H and O–H groups in total. The number of ether oxygens (including phenoxy) is 2. The SMILES string of the molecule is COc1c(C(=O)N2CCC(Nc3ccc(CCNC[C@H](O)COc4cccc(NC(C)=O)c4)cc3)CC2)sc2ccccc12. The summed E-state index contributed by atoms with van der Waals surface area (Å²) in [5, 5.41) is 20.9. The number of hydrogen-bond donors (Lipinski definition) is 4. The van der Waals surface area contributed by atoms with E-state index in [0.29, 0.717) is 47.7 Å². The van der Waals surface area contributed by atoms with Gasteiger partial charge in [0.05, 0.1) is 7.11 Å². The molecule has 232 valence electrons. The second kappa shape index (κ2) is 15.1. The molecular formula is C34H40N4O5S. The van der Waals surface area contributed by atoms with E-state index in [0.717, 1.165) is 41.6 Å². The number of amides is 2. The number of benzene rings is 3. The molecule has 0 aliphatic carbocycles. The van der Waals surface area contributed by atoms with Crippen LogP contribution in [-0.4, -0.2) is 73.9 Å². The van der Waals surface area contributed by atoms with Crippen LogP contribution in [0.15, 0.2) is 72.8 Å². The summed E-state index contributed by atoms with van der Waals surface area (Å²) in [4.78, 5) is 27.2. The van der Waals surface area contributed by atoms with Crippen molar-refractivity contribution < 1.29 is 24.2 Å². The first-order chi connectivity index (χ1) is 21.4. The summed E-state index contributed by atoms with van der Waals surface area (Å²) < 4.78 is 12.4. The lowest BCUT2D eigenvalue weighted by Crippen LogP contribution is -2.42. The first kappa shape index (κ1) is 31.3. The zero-order chi connectivity index (χ0) is 30.9. The molecule has 2 amide bonds. The highest BCUT2D eigenvalue weighted by Crippen LogP contribution is 2.38. The maximum atomic E-state index is 13.3. The van der Waals surface area contributed by atoms with Gasteiger partial charge in [-0.25, -0.2) is 0 Å². The number of methoxy groups -OCH3 is 1. The minimum Gasteiger partial charge on any atom is -0.494 e. The molecule has 4 aromatic rings. The smallest absolute Gasteiger partial charge is 0.267 e. The average Bonchev–Trinajstić information content (AvgIpc) is 3.41. The standard InChI is InChI=1S/C34H40N4O5S/c1-23(39)36-27-6-5-7-29(20-27)43-22-28(40)21-35-17-14-24-10-12-25(13-11-24)37-26-15-18-38(19-16-26)34(41)33-32(42-2)30-8-3-4-9-31(30)44-33/h3-13,20,26,28,35,37,40H,14-19,21-22H2,1-2H3,(H,36,39)/t28-/m0/s1. The Morgan fingerprint density at radius 3 is 2.55 bits per heavy atom. The predicted octanol–water partition coefficient (Wildman–Crippen LogP) is 5.16. The van der Waals surface area contributed by atoms with Gasteiger partial charge in [-0.1, -0.05) is 30.3 Å². The zero-order valence-corrected chi connectivity index (χ0v) is 26.0. The molecule has 2 heterocycles. The van der Waals surface area contributed by atoms with Crippen molar-refractivity contribution in [1.29, 1.82) is 0 Å². The molecule has 1 aliphatic rings. The van der Waals surface area contributed by atoms with Crippen LogP contribution in [0, 0.1) is 0 Å². The highest BCUT2D eigenvalue weighted by Gasteiger charge is 2.28. The summed E-state index contributed by atoms with van der Waals surface area (Å²) in [5.74, 6) is 1.18. The van der Waals surface area contributed by atoms with Gasteiger partial charge in [0.1, 0.15) is 29.1 Å². The summed E-state index contributed by atoms with van der Waals surface area (Å²) in [5.41, 5.74) is 2.94. The molecule has 44 heavy (non-hydrogen) atoms. The Labute approximate surface area is 262 Å². The van der Waals surface area contributed by atoms with Crippen LogP contribution in [0.2, 0.25) is 0 Å². The third-order valence-corrected chi connectivity index (χ3v) is 8.76. The molecule has 0 unspecified atom stereocenters. The van der Waals surface area contributed by atoms with Crippen LogP contribution in [-0.2, 0) is 11.2 Å². The molecule has 10 heteroatoms. The van der Waals surface area contributed by atoms with E-state index in [1.807, 2.05) is 29.2 Å². The molecule has 0 spiro atoms. The topological polar surface area (TPSA) is 112 Å². The number of hydrogen-bond acceptors (Lipinski definition) is 8. The number of nitrogens with zero attached hydrogens (tertiary/aromatic N) is 1. The van der Waals surface area contributed by atoms with E-state index in [9.17, 15) is 14.7 Å². The molecule has 0 radical (unpaired) electrons. The summed E-state index contributed by atoms with van der Waals surface area (Å²) in [6.07, 6.45) is 1.96. The summed E-state index contributed by atoms with van der Waals surface area (Å²) in [7, 11) is 1.63. The van der Waals surface area contributed by atoms with Crippen molar-refractivity contribution in [3.8, 4) is 11.5 Å². The molecule has 5 rings (SSSR count). The van der Waals surface area contributed by atoms with Gasteiger partial charge in [0.15, 0.2) is 0 Å². The lowest BCUT2D eigenvalue weighted by molar-refractivity contribution is -0.114. The van der Waals surface area contributed by atoms with E-state index in [2.05, 4.69) is 40.2 Å². The fourth-order valence-corrected chi connectivity index (χ4v) is 6.50. The van der Waals surface area contributed by atoms with Crippen LogP contribution in [0.4, 0.5) is 11.4 Å². The Bertz CT molecular complexity index is 1550. The monoisotopic (exact) mass is 616 g/mol. The second-order valence-electron chi connectivity index (χ2n) is 11.0. The van der Waals surface area contributed by atoms with Gasteiger partial charge >= 0.3 is 0 Å². The minimum absolute atomic E-state index is 0.0491. The van der Waals surface area contributed by atoms with Crippen LogP contribution in [0.3, 0.4) is 0 Å². The Kier molecular flexibility index (Phi) is 10.7. The number of piperidine rings is 1. The van der Waals surface area contributed by atoms with Gasteiger partial charge in [-0.05, 0) is 67.8 Å². The maximum absolute atomic E-state index is 13.3. The molecule has 1 atom stereocenters. The summed E-state index contributed by atoms with van der Waals surface area (Å²) in [6.45, 7) is 4.18. The number of aliphatic hydroxyl groups is 1. The Morgan fingerprint density at radius 2 is 1.80 bits per heavy atom. The van der Waals surface area contributed by atoms with E-state index < -0.39 is 6.10 Å². The van der Waals surface area contributed by atoms with E-state index in [1.165, 1.54) is 23.8 Å². The van der Waals surface area contributed by atoms with Crippen LogP contribution < -0.4 is 25.4 Å². The third kappa shape index (κ3) is 8.28. The Morgan fingerprint density at radius 1 is 1.02 bits per heavy atom. The number of likely N-dealkylation sites (tertiary alicyclic amines) is 1. The number of thiophene rings is 1. The van der Waals surface area contributed by atoms with Gasteiger partial charge in [-0.2, -0.15) is 0 Å². The average molecular weight is 617 g/mol. The van der Waals surface area contributed by atoms with Crippen LogP contribution in [0.5, 0.6) is 11.5 Å². The number of fused-ring (bicyclic) bond motifs is 1. The highest BCUT2D eigenvalue weighted by molar-refractivity contribution is 7.21. The number of aliphatic hydroxyl groups excluding tert-OH is 1. The van der Waals surface area contributed by atoms with E-state index in [-0.39, 0.29) is 18.4 Å². The number of rotatable bonds is 13. The zero-order valence-electron chi connectivity index (χ0n) is 25.2. The van der Waals surface area contributed by atoms with Gasteiger partial charge in [0, 0.05) is 60.1 Å². The second-order valence-corrected chi connectivity index (χ2v) is 12.0. The molecule has 3 aromatic carbocycles. The van der Waals surface area contributed by atoms with Crippen molar-refractivity contribution in [3.05, 3.63) is 83.2 Å². The number of anilines is 2. The first-order valence-corrected chi connectivity index (χ1v) is 15.8. The van der Waals surface area contributed by atoms with Gasteiger partial charge in [-0.15, -0.1) is 11.3 Å². The van der Waals surface area contributed by atoms with E-state index in [1.54, 1.807) is 31.4 Å². The third-order valence-electron chi connectivity index (χ3n) is 7.62. The Balaban J connectivity index is 0.998. The van der Waals surface area contributed by atoms with Crippen LogP contribution in [0.25, 0.3) is 10.1 Å². The quantitative estimate of drug-likeness (QED) is 0.154. The number of nitrogens with one attached hydrogen (secondary N) is 3. The number of carbonyl (C=O) groups is 2. The minimum atomic E-state index is -0.653. The molecule has 1 saturated heterocycles. The summed E-state index contributed by atoms with van der Waals surface area (Å²) in [6, 6.07) is 23.8. The lowest BCUT2D eigenvalue weighted by Gasteiger charge is -2.32. The Hall–Kier alpha value is -4.12. The molecular weight excluding hydrogens is 576 g/mol. The fraction of sp³-hybridized carbons (Fsp3) is 0.353. The predicted molar refractivity (Wildman–Crippen MR) is 176 cm³/mol.